The molecular formula is C111H204N4O24S6. The highest BCUT2D eigenvalue weighted by molar-refractivity contribution is 8.00. The van der Waals surface area contributed by atoms with Gasteiger partial charge in [0.2, 0.25) is 0 Å². The highest BCUT2D eigenvalue weighted by Gasteiger charge is 2.25. The lowest BCUT2D eigenvalue weighted by molar-refractivity contribution is -0.154. The number of unbranched alkanes of at least 4 members (excludes halogenated alkanes) is 30. The van der Waals surface area contributed by atoms with Crippen LogP contribution in [0.25, 0.3) is 0 Å². The molecule has 0 fully saturated rings. The molecule has 34 heteroatoms. The molecule has 0 radical (unpaired) electrons. The van der Waals surface area contributed by atoms with Gasteiger partial charge in [-0.25, -0.2) is 0 Å². The Kier molecular flexibility index (Phi) is 101. The van der Waals surface area contributed by atoms with Crippen molar-refractivity contribution in [1.29, 1.82) is 0 Å². The lowest BCUT2D eigenvalue weighted by atomic mass is 10.1. The van der Waals surface area contributed by atoms with Gasteiger partial charge >= 0.3 is 71.6 Å². The number of hydrogen-bond acceptors (Lipinski definition) is 34. The van der Waals surface area contributed by atoms with Gasteiger partial charge in [-0.05, 0) is 132 Å². The predicted octanol–water partition coefficient (Wildman–Crippen LogP) is 22.6. The second kappa shape index (κ2) is 104. The van der Waals surface area contributed by atoms with E-state index in [-0.39, 0.29) is 228 Å². The molecule has 0 bridgehead atoms. The first-order valence-electron chi connectivity index (χ1n) is 56.6. The lowest BCUT2D eigenvalue weighted by Crippen LogP contribution is -2.37. The van der Waals surface area contributed by atoms with Crippen molar-refractivity contribution in [2.45, 2.75) is 372 Å². The Labute approximate surface area is 904 Å². The highest BCUT2D eigenvalue weighted by Crippen LogP contribution is 2.23. The third kappa shape index (κ3) is 91.9. The molecule has 0 aliphatic rings. The highest BCUT2D eigenvalue weighted by atomic mass is 32.2. The molecule has 145 heavy (non-hydrogen) atoms. The molecule has 0 rings (SSSR count). The number of thioether (sulfide) groups is 6. The lowest BCUT2D eigenvalue weighted by Gasteiger charge is -2.28. The van der Waals surface area contributed by atoms with Crippen molar-refractivity contribution >= 4 is 142 Å². The molecule has 6 atom stereocenters. The fourth-order valence-electron chi connectivity index (χ4n) is 15.3. The molecule has 0 saturated heterocycles. The van der Waals surface area contributed by atoms with E-state index in [0.717, 1.165) is 73.0 Å². The maximum absolute atomic E-state index is 13.7. The van der Waals surface area contributed by atoms with E-state index < -0.39 is 35.8 Å². The van der Waals surface area contributed by atoms with E-state index in [1.165, 1.54) is 193 Å². The third-order valence-corrected chi connectivity index (χ3v) is 32.5. The Hall–Kier alpha value is -4.42. The maximum Gasteiger partial charge on any atom is 0.309 e. The quantitative estimate of drug-likeness (QED) is 0.0310. The van der Waals surface area contributed by atoms with Crippen LogP contribution < -0.4 is 0 Å². The third-order valence-electron chi connectivity index (χ3n) is 24.7. The molecule has 0 aliphatic carbocycles. The van der Waals surface area contributed by atoms with Crippen LogP contribution in [-0.4, -0.2) is 318 Å². The molecule has 6 unspecified atom stereocenters. The van der Waals surface area contributed by atoms with Crippen LogP contribution in [0.3, 0.4) is 0 Å². The number of carbonyl (C=O) groups is 12. The second-order valence-corrected chi connectivity index (χ2v) is 45.6. The second-order valence-electron chi connectivity index (χ2n) is 38.7. The number of esters is 12. The molecule has 848 valence electrons. The van der Waals surface area contributed by atoms with Crippen LogP contribution in [0.15, 0.2) is 0 Å². The number of ether oxygens (including phenoxy) is 12. The van der Waals surface area contributed by atoms with Crippen LogP contribution in [0.5, 0.6) is 0 Å². The Morgan fingerprint density at radius 2 is 0.290 bits per heavy atom. The zero-order chi connectivity index (χ0) is 107. The zero-order valence-electron chi connectivity index (χ0n) is 92.8. The molecule has 0 N–H and O–H groups in total. The summed E-state index contributed by atoms with van der Waals surface area (Å²) in [7, 11) is 0. The number of nitrogens with zero attached hydrogens (tertiary/aromatic N) is 4. The Balaban J connectivity index is 7.23. The first kappa shape index (κ1) is 141. The summed E-state index contributed by atoms with van der Waals surface area (Å²) >= 11 is 10.4. The average Bonchev–Trinajstić information content (AvgIpc) is 0.934. The fraction of sp³-hybridized carbons (Fsp3) is 0.892. The van der Waals surface area contributed by atoms with E-state index in [0.29, 0.717) is 93.0 Å². The van der Waals surface area contributed by atoms with Gasteiger partial charge in [0.1, 0.15) is 79.3 Å². The summed E-state index contributed by atoms with van der Waals surface area (Å²) in [5.74, 6) is 2.44. The van der Waals surface area contributed by atoms with Crippen molar-refractivity contribution in [3.8, 4) is 0 Å². The van der Waals surface area contributed by atoms with Gasteiger partial charge in [0.15, 0.2) is 0 Å². The first-order chi connectivity index (χ1) is 70.3. The summed E-state index contributed by atoms with van der Waals surface area (Å²) in [4.78, 5) is 168. The smallest absolute Gasteiger partial charge is 0.309 e. The summed E-state index contributed by atoms with van der Waals surface area (Å²) in [6.45, 7) is 26.7. The van der Waals surface area contributed by atoms with Gasteiger partial charge in [0.05, 0.1) is 74.0 Å². The Morgan fingerprint density at radius 3 is 0.434 bits per heavy atom. The first-order valence-corrected chi connectivity index (χ1v) is 63.6. The predicted molar refractivity (Wildman–Crippen MR) is 598 cm³/mol. The molecule has 0 aromatic heterocycles. The molecule has 28 nitrogen and oxygen atoms in total. The number of carbonyl (C=O) groups excluding carboxylic acids is 12. The summed E-state index contributed by atoms with van der Waals surface area (Å²) in [6, 6.07) is 0. The average molecular weight is 2170 g/mol. The van der Waals surface area contributed by atoms with Crippen LogP contribution in [-0.2, 0) is 114 Å². The van der Waals surface area contributed by atoms with Crippen molar-refractivity contribution in [3.05, 3.63) is 0 Å². The molecule has 0 spiro atoms. The number of rotatable bonds is 108. The summed E-state index contributed by atoms with van der Waals surface area (Å²) in [5, 5.41) is 0. The topological polar surface area (TPSA) is 329 Å². The molecular weight excluding hydrogens is 1970 g/mol. The van der Waals surface area contributed by atoms with Crippen molar-refractivity contribution in [1.82, 2.24) is 19.6 Å². The standard InChI is InChI=1S/C111H204N4O24S6/c1-13-19-25-31-37-43-82-140-88-94(7)106(122)134-76-70-128-100(116)52-64-112(60-50-62-114(66-54-102(118)130-72-78-136-108(124)96(9)90-142-84-45-39-33-27-21-15-3)67-55-103(119)131-73-79-137-109(125)97(10)91-143-85-46-40-34-28-22-16-4)58-49-59-113(65-53-101(117)129-71-77-135-107(123)95(8)89-141-83-44-38-32-26-20-14-2)61-51-63-115(68-56-104(120)132-74-80-138-110(126)98(11)92-144-86-47-41-35-29-23-17-5)69-57-105(121)133-75-81-139-111(127)99(12)93-145-87-48-42-36-30-24-18-6/h94-99H,13-93H2,1-12H3. The van der Waals surface area contributed by atoms with Crippen LogP contribution in [0.1, 0.15) is 372 Å². The monoisotopic (exact) mass is 2170 g/mol. The van der Waals surface area contributed by atoms with Crippen molar-refractivity contribution in [3.63, 3.8) is 0 Å². The van der Waals surface area contributed by atoms with Gasteiger partial charge in [-0.3, -0.25) is 57.5 Å². The maximum atomic E-state index is 13.7. The summed E-state index contributed by atoms with van der Waals surface area (Å²) < 4.78 is 67.0. The van der Waals surface area contributed by atoms with Gasteiger partial charge in [0.25, 0.3) is 0 Å². The van der Waals surface area contributed by atoms with Gasteiger partial charge in [-0.2, -0.15) is 70.6 Å². The normalized spacial score (nSPS) is 12.7. The molecule has 0 aliphatic heterocycles. The largest absolute Gasteiger partial charge is 0.462 e. The Bertz CT molecular complexity index is 2860. The molecule has 0 amide bonds. The van der Waals surface area contributed by atoms with Crippen LogP contribution in [0.2, 0.25) is 0 Å². The minimum atomic E-state index is -0.521. The van der Waals surface area contributed by atoms with E-state index >= 15 is 0 Å². The SMILES string of the molecule is CCCCCCCCSCC(C)C(=O)OCCOC(=O)CCN(CCCN(CCCN(CCC(=O)OCCOC(=O)C(C)CSCCCCCCCC)CCC(=O)OCCOC(=O)C(C)CSCCCCCCCC)CCC(=O)OCCOC(=O)C(C)CSCCCCCCCC)CCCN(CCC(=O)OCCOC(=O)C(C)CSCCCCCCCC)CCC(=O)OCCOC(=O)C(C)CSCCCCCCCC. The van der Waals surface area contributed by atoms with E-state index in [9.17, 15) is 57.5 Å². The molecule has 0 aromatic rings. The van der Waals surface area contributed by atoms with Crippen molar-refractivity contribution < 1.29 is 114 Å². The van der Waals surface area contributed by atoms with Gasteiger partial charge in [0, 0.05) is 73.8 Å². The van der Waals surface area contributed by atoms with Crippen LogP contribution >= 0.6 is 70.6 Å². The molecule has 0 saturated carbocycles. The van der Waals surface area contributed by atoms with Crippen molar-refractivity contribution in [2.24, 2.45) is 35.5 Å². The molecule has 0 aromatic carbocycles. The van der Waals surface area contributed by atoms with Gasteiger partial charge in [-0.15, -0.1) is 0 Å². The minimum Gasteiger partial charge on any atom is -0.462 e. The van der Waals surface area contributed by atoms with Crippen LogP contribution in [0.4, 0.5) is 0 Å². The van der Waals surface area contributed by atoms with Crippen molar-refractivity contribution in [2.75, 3.05) is 227 Å². The van der Waals surface area contributed by atoms with E-state index in [1.54, 1.807) is 70.6 Å². The van der Waals surface area contributed by atoms with E-state index in [4.69, 9.17) is 56.8 Å². The van der Waals surface area contributed by atoms with E-state index in [1.807, 2.05) is 51.3 Å². The Morgan fingerprint density at radius 1 is 0.166 bits per heavy atom. The minimum absolute atomic E-state index is 0.0183. The summed E-state index contributed by atoms with van der Waals surface area (Å²) in [6.07, 6.45) is 44.3. The summed E-state index contributed by atoms with van der Waals surface area (Å²) in [5.41, 5.74) is 0. The van der Waals surface area contributed by atoms with Gasteiger partial charge in [-0.1, -0.05) is 276 Å². The fourth-order valence-corrected chi connectivity index (χ4v) is 21.7. The van der Waals surface area contributed by atoms with Gasteiger partial charge < -0.3 is 76.4 Å². The van der Waals surface area contributed by atoms with Crippen LogP contribution in [0, 0.1) is 35.5 Å². The number of hydrogen-bond donors (Lipinski definition) is 0. The zero-order valence-corrected chi connectivity index (χ0v) is 97.7. The molecule has 0 heterocycles. The van der Waals surface area contributed by atoms with E-state index in [2.05, 4.69) is 51.3 Å².